The molecule has 0 saturated heterocycles. The van der Waals surface area contributed by atoms with Crippen molar-refractivity contribution < 1.29 is 9.15 Å². The number of rotatable bonds is 1. The summed E-state index contributed by atoms with van der Waals surface area (Å²) >= 11 is 0.265. The van der Waals surface area contributed by atoms with E-state index in [-0.39, 0.29) is 15.0 Å². The van der Waals surface area contributed by atoms with Crippen molar-refractivity contribution >= 4 is 41.1 Å². The molecule has 0 radical (unpaired) electrons. The van der Waals surface area contributed by atoms with Crippen LogP contribution in [0.5, 0.6) is 5.75 Å². The summed E-state index contributed by atoms with van der Waals surface area (Å²) in [6, 6.07) is 15.3. The van der Waals surface area contributed by atoms with Crippen molar-refractivity contribution in [2.75, 3.05) is 11.5 Å². The van der Waals surface area contributed by atoms with E-state index < -0.39 is 0 Å². The minimum absolute atomic E-state index is 0.265. The summed E-state index contributed by atoms with van der Waals surface area (Å²) in [6.45, 7) is 4.97. The molecule has 0 bridgehead atoms. The van der Waals surface area contributed by atoms with E-state index in [0.717, 1.165) is 42.5 Å². The maximum absolute atomic E-state index is 6.14. The van der Waals surface area contributed by atoms with Crippen LogP contribution in [0.4, 0.5) is 17.3 Å². The third-order valence-electron chi connectivity index (χ3n) is 4.74. The number of hydrogen-bond donors (Lipinski definition) is 0. The number of benzene rings is 2. The predicted molar refractivity (Wildman–Crippen MR) is 102 cm³/mol. The summed E-state index contributed by atoms with van der Waals surface area (Å²) in [5.41, 5.74) is 4.90. The summed E-state index contributed by atoms with van der Waals surface area (Å²) < 4.78 is 14.9. The van der Waals surface area contributed by atoms with Gasteiger partial charge >= 0.3 is 154 Å². The first-order valence-corrected chi connectivity index (χ1v) is 10.4. The SMILES string of the molecule is Cc1ccc2c(c1)[Se]c1cc(C)oc1N2c1cccc2c1OCCC2. The van der Waals surface area contributed by atoms with Crippen LogP contribution in [-0.2, 0) is 6.42 Å². The average molecular weight is 396 g/mol. The molecule has 3 nitrogen and oxygen atoms in total. The number of anilines is 3. The van der Waals surface area contributed by atoms with Gasteiger partial charge in [0.1, 0.15) is 0 Å². The normalized spacial score (nSPS) is 15.2. The second-order valence-corrected chi connectivity index (χ2v) is 8.93. The molecule has 2 aromatic carbocycles. The Hall–Kier alpha value is -2.16. The Morgan fingerprint density at radius 2 is 1.92 bits per heavy atom. The first kappa shape index (κ1) is 15.1. The third-order valence-corrected chi connectivity index (χ3v) is 6.96. The van der Waals surface area contributed by atoms with Gasteiger partial charge in [-0.3, -0.25) is 0 Å². The molecule has 0 amide bonds. The number of ether oxygens (including phenoxy) is 1. The fourth-order valence-electron chi connectivity index (χ4n) is 3.61. The van der Waals surface area contributed by atoms with Crippen molar-refractivity contribution in [3.05, 3.63) is 59.4 Å². The molecule has 126 valence electrons. The Morgan fingerprint density at radius 3 is 2.84 bits per heavy atom. The predicted octanol–water partition coefficient (Wildman–Crippen LogP) is 3.66. The van der Waals surface area contributed by atoms with E-state index >= 15 is 0 Å². The molecule has 0 aliphatic carbocycles. The standard InChI is InChI=1S/C21H19NO2Se/c1-13-8-9-16-18(11-13)25-19-12-14(2)24-21(19)22(16)17-7-3-5-15-6-4-10-23-20(15)17/h3,5,7-9,11-12H,4,6,10H2,1-2H3. The van der Waals surface area contributed by atoms with Crippen molar-refractivity contribution in [2.24, 2.45) is 0 Å². The van der Waals surface area contributed by atoms with Crippen LogP contribution in [0.15, 0.2) is 46.9 Å². The first-order chi connectivity index (χ1) is 12.2. The molecule has 0 saturated carbocycles. The van der Waals surface area contributed by atoms with Gasteiger partial charge in [-0.25, -0.2) is 0 Å². The van der Waals surface area contributed by atoms with Gasteiger partial charge in [-0.1, -0.05) is 0 Å². The van der Waals surface area contributed by atoms with E-state index in [2.05, 4.69) is 54.3 Å². The van der Waals surface area contributed by atoms with Crippen LogP contribution in [0.25, 0.3) is 0 Å². The summed E-state index contributed by atoms with van der Waals surface area (Å²) in [6.07, 6.45) is 2.16. The molecular weight excluding hydrogens is 377 g/mol. The van der Waals surface area contributed by atoms with Crippen molar-refractivity contribution in [2.45, 2.75) is 26.7 Å². The van der Waals surface area contributed by atoms with Crippen LogP contribution >= 0.6 is 0 Å². The molecule has 0 fully saturated rings. The molecule has 1 aromatic heterocycles. The van der Waals surface area contributed by atoms with Crippen LogP contribution in [0.2, 0.25) is 0 Å². The Labute approximate surface area is 153 Å². The molecule has 5 rings (SSSR count). The van der Waals surface area contributed by atoms with Crippen LogP contribution in [-0.4, -0.2) is 21.6 Å². The molecule has 25 heavy (non-hydrogen) atoms. The van der Waals surface area contributed by atoms with Crippen molar-refractivity contribution in [1.82, 2.24) is 0 Å². The van der Waals surface area contributed by atoms with Crippen LogP contribution < -0.4 is 18.6 Å². The van der Waals surface area contributed by atoms with Crippen molar-refractivity contribution in [1.29, 1.82) is 0 Å². The van der Waals surface area contributed by atoms with Gasteiger partial charge in [-0.2, -0.15) is 0 Å². The van der Waals surface area contributed by atoms with Gasteiger partial charge in [0.2, 0.25) is 0 Å². The van der Waals surface area contributed by atoms with E-state index in [0.29, 0.717) is 0 Å². The third kappa shape index (κ3) is 2.40. The van der Waals surface area contributed by atoms with Gasteiger partial charge in [-0.05, 0) is 0 Å². The molecule has 0 spiro atoms. The Morgan fingerprint density at radius 1 is 1.00 bits per heavy atom. The summed E-state index contributed by atoms with van der Waals surface area (Å²) in [5.74, 6) is 2.93. The summed E-state index contributed by atoms with van der Waals surface area (Å²) in [5, 5.41) is 0. The number of aryl methyl sites for hydroxylation is 3. The minimum atomic E-state index is 0.265. The monoisotopic (exact) mass is 397 g/mol. The number of para-hydroxylation sites is 1. The van der Waals surface area contributed by atoms with Crippen molar-refractivity contribution in [3.8, 4) is 5.75 Å². The topological polar surface area (TPSA) is 25.6 Å². The fraction of sp³-hybridized carbons (Fsp3) is 0.238. The number of nitrogens with zero attached hydrogens (tertiary/aromatic N) is 1. The molecule has 3 aromatic rings. The number of fused-ring (bicyclic) bond motifs is 3. The van der Waals surface area contributed by atoms with Crippen LogP contribution in [0, 0.1) is 13.8 Å². The average Bonchev–Trinajstić information content (AvgIpc) is 2.98. The quantitative estimate of drug-likeness (QED) is 0.460. The fourth-order valence-corrected chi connectivity index (χ4v) is 6.11. The zero-order valence-corrected chi connectivity index (χ0v) is 16.0. The molecule has 0 N–H and O–H groups in total. The summed E-state index contributed by atoms with van der Waals surface area (Å²) in [4.78, 5) is 2.26. The Bertz CT molecular complexity index is 976. The molecule has 2 aliphatic heterocycles. The van der Waals surface area contributed by atoms with Gasteiger partial charge in [0.05, 0.1) is 0 Å². The molecule has 0 atom stereocenters. The second kappa shape index (κ2) is 5.69. The van der Waals surface area contributed by atoms with E-state index in [1.165, 1.54) is 25.7 Å². The van der Waals surface area contributed by atoms with Gasteiger partial charge in [0.15, 0.2) is 0 Å². The molecule has 2 aliphatic rings. The second-order valence-electron chi connectivity index (χ2n) is 6.65. The van der Waals surface area contributed by atoms with Gasteiger partial charge in [0, 0.05) is 0 Å². The Kier molecular flexibility index (Phi) is 3.44. The zero-order valence-electron chi connectivity index (χ0n) is 14.3. The molecule has 0 unspecified atom stereocenters. The summed E-state index contributed by atoms with van der Waals surface area (Å²) in [7, 11) is 0. The van der Waals surface area contributed by atoms with Crippen LogP contribution in [0.1, 0.15) is 23.3 Å². The van der Waals surface area contributed by atoms with E-state index in [9.17, 15) is 0 Å². The van der Waals surface area contributed by atoms with Crippen LogP contribution in [0.3, 0.4) is 0 Å². The van der Waals surface area contributed by atoms with Gasteiger partial charge in [0.25, 0.3) is 0 Å². The Balaban J connectivity index is 1.76. The van der Waals surface area contributed by atoms with E-state index in [1.54, 1.807) is 0 Å². The zero-order chi connectivity index (χ0) is 17.0. The van der Waals surface area contributed by atoms with Gasteiger partial charge < -0.3 is 0 Å². The molecule has 3 heterocycles. The number of furan rings is 1. The van der Waals surface area contributed by atoms with Crippen molar-refractivity contribution in [3.63, 3.8) is 0 Å². The first-order valence-electron chi connectivity index (χ1n) is 8.64. The number of hydrogen-bond acceptors (Lipinski definition) is 3. The van der Waals surface area contributed by atoms with Gasteiger partial charge in [-0.15, -0.1) is 0 Å². The van der Waals surface area contributed by atoms with E-state index in [4.69, 9.17) is 9.15 Å². The molecule has 4 heteroatoms. The maximum atomic E-state index is 6.14. The molecular formula is C21H19NO2Se. The van der Waals surface area contributed by atoms with E-state index in [1.807, 2.05) is 6.92 Å².